The van der Waals surface area contributed by atoms with Crippen LogP contribution in [0.1, 0.15) is 93.7 Å². The number of benzene rings is 10. The van der Waals surface area contributed by atoms with Crippen molar-refractivity contribution in [2.45, 2.75) is 82.1 Å². The Morgan fingerprint density at radius 1 is 0.397 bits per heavy atom. The van der Waals surface area contributed by atoms with Gasteiger partial charge in [0.15, 0.2) is 0 Å². The summed E-state index contributed by atoms with van der Waals surface area (Å²) in [6.45, 7) is 12.2. The molecule has 0 aromatic heterocycles. The molecule has 0 N–H and O–H groups in total. The monoisotopic (exact) mass is 939 g/mol. The summed E-state index contributed by atoms with van der Waals surface area (Å²) in [7, 11) is 0. The van der Waals surface area contributed by atoms with Crippen molar-refractivity contribution in [1.82, 2.24) is 0 Å². The van der Waals surface area contributed by atoms with E-state index in [9.17, 15) is 0 Å². The van der Waals surface area contributed by atoms with Gasteiger partial charge in [-0.15, -0.1) is 0 Å². The van der Waals surface area contributed by atoms with E-state index in [-0.39, 0.29) is 23.1 Å². The Balaban J connectivity index is 1.10. The Labute approximate surface area is 430 Å². The molecule has 4 heterocycles. The lowest BCUT2D eigenvalue weighted by Crippen LogP contribution is -2.68. The van der Waals surface area contributed by atoms with Gasteiger partial charge in [0, 0.05) is 50.9 Å². The molecule has 3 nitrogen and oxygen atoms in total. The molecule has 10 aromatic rings. The summed E-state index contributed by atoms with van der Waals surface area (Å²) in [5, 5.41) is 4.96. The molecular formula is C69H58BN3. The van der Waals surface area contributed by atoms with E-state index in [1.807, 2.05) is 0 Å². The molecule has 5 aliphatic rings. The van der Waals surface area contributed by atoms with Crippen LogP contribution in [0.5, 0.6) is 0 Å². The summed E-state index contributed by atoms with van der Waals surface area (Å²) < 4.78 is 0. The quantitative estimate of drug-likeness (QED) is 0.159. The highest BCUT2D eigenvalue weighted by atomic mass is 15.3. The topological polar surface area (TPSA) is 9.72 Å². The molecule has 1 saturated carbocycles. The fourth-order valence-electron chi connectivity index (χ4n) is 15.0. The Morgan fingerprint density at radius 2 is 0.904 bits per heavy atom. The van der Waals surface area contributed by atoms with Crippen LogP contribution in [0.4, 0.5) is 45.5 Å². The summed E-state index contributed by atoms with van der Waals surface area (Å²) in [6, 6.07) is 81.8. The lowest BCUT2D eigenvalue weighted by molar-refractivity contribution is 0.195. The van der Waals surface area contributed by atoms with Crippen molar-refractivity contribution in [3.05, 3.63) is 246 Å². The second kappa shape index (κ2) is 15.1. The lowest BCUT2D eigenvalue weighted by atomic mass is 9.28. The van der Waals surface area contributed by atoms with E-state index in [1.165, 1.54) is 136 Å². The van der Waals surface area contributed by atoms with E-state index in [4.69, 9.17) is 0 Å². The summed E-state index contributed by atoms with van der Waals surface area (Å²) in [6.07, 6.45) is 4.75. The highest BCUT2D eigenvalue weighted by molar-refractivity contribution is 7.01. The second-order valence-corrected chi connectivity index (χ2v) is 23.2. The summed E-state index contributed by atoms with van der Waals surface area (Å²) in [5.74, 6) is 0. The Morgan fingerprint density at radius 3 is 1.44 bits per heavy atom. The largest absolute Gasteiger partial charge is 0.334 e. The van der Waals surface area contributed by atoms with Crippen molar-refractivity contribution in [2.24, 2.45) is 0 Å². The van der Waals surface area contributed by atoms with Crippen molar-refractivity contribution in [1.29, 1.82) is 0 Å². The zero-order chi connectivity index (χ0) is 49.0. The van der Waals surface area contributed by atoms with Gasteiger partial charge < -0.3 is 14.7 Å². The van der Waals surface area contributed by atoms with Gasteiger partial charge in [-0.25, -0.2) is 0 Å². The van der Waals surface area contributed by atoms with Crippen LogP contribution < -0.4 is 31.1 Å². The highest BCUT2D eigenvalue weighted by Crippen LogP contribution is 2.63. The highest BCUT2D eigenvalue weighted by Gasteiger charge is 2.59. The predicted octanol–water partition coefficient (Wildman–Crippen LogP) is 15.8. The third kappa shape index (κ3) is 5.67. The van der Waals surface area contributed by atoms with Crippen molar-refractivity contribution in [3.8, 4) is 0 Å². The average molecular weight is 940 g/mol. The molecule has 4 aliphatic heterocycles. The third-order valence-corrected chi connectivity index (χ3v) is 18.5. The van der Waals surface area contributed by atoms with Crippen LogP contribution in [0.25, 0.3) is 21.5 Å². The molecule has 1 aliphatic carbocycles. The van der Waals surface area contributed by atoms with Crippen molar-refractivity contribution in [2.75, 3.05) is 14.7 Å². The number of rotatable bonds is 5. The number of nitrogens with zero attached hydrogens (tertiary/aromatic N) is 3. The van der Waals surface area contributed by atoms with E-state index >= 15 is 0 Å². The number of hydrogen-bond donors (Lipinski definition) is 0. The normalized spacial score (nSPS) is 19.7. The first-order chi connectivity index (χ1) is 35.6. The minimum absolute atomic E-state index is 0.0267. The molecule has 2 atom stereocenters. The molecule has 0 saturated heterocycles. The molecular weight excluding hydrogens is 882 g/mol. The Bertz CT molecular complexity index is 3730. The second-order valence-electron chi connectivity index (χ2n) is 23.2. The maximum absolute atomic E-state index is 2.82. The van der Waals surface area contributed by atoms with Crippen LogP contribution in [-0.2, 0) is 16.2 Å². The molecule has 0 amide bonds. The zero-order valence-electron chi connectivity index (χ0n) is 42.5. The SMILES string of the molecule is CC(C)(C)c1ccc2c(c1)C1(C)CCCCC1(C)N2c1cc2c3c(c1)N(c1ccc4ccccc4c1)c1cccc4c1B3c1c(cccc1C4(c1ccccc1)c1ccccc1)N2c1ccc2ccccc2c1. The van der Waals surface area contributed by atoms with Gasteiger partial charge in [-0.2, -0.15) is 0 Å². The average Bonchev–Trinajstić information content (AvgIpc) is 3.65. The molecule has 0 spiro atoms. The minimum atomic E-state index is -0.611. The predicted molar refractivity (Wildman–Crippen MR) is 309 cm³/mol. The first-order valence-electron chi connectivity index (χ1n) is 26.7. The molecule has 2 unspecified atom stereocenters. The van der Waals surface area contributed by atoms with Crippen LogP contribution in [0.15, 0.2) is 212 Å². The molecule has 0 bridgehead atoms. The maximum Gasteiger partial charge on any atom is 0.253 e. The Kier molecular flexibility index (Phi) is 8.87. The maximum atomic E-state index is 2.82. The number of anilines is 8. The van der Waals surface area contributed by atoms with Crippen LogP contribution in [0.3, 0.4) is 0 Å². The van der Waals surface area contributed by atoms with Crippen LogP contribution in [0.2, 0.25) is 0 Å². The molecule has 4 heteroatoms. The lowest BCUT2D eigenvalue weighted by Gasteiger charge is -2.53. The van der Waals surface area contributed by atoms with Gasteiger partial charge in [0.05, 0.1) is 11.0 Å². The van der Waals surface area contributed by atoms with Gasteiger partial charge in [-0.3, -0.25) is 0 Å². The first kappa shape index (κ1) is 42.8. The minimum Gasteiger partial charge on any atom is -0.334 e. The molecule has 73 heavy (non-hydrogen) atoms. The smallest absolute Gasteiger partial charge is 0.253 e. The van der Waals surface area contributed by atoms with E-state index in [2.05, 4.69) is 262 Å². The van der Waals surface area contributed by atoms with E-state index in [0.29, 0.717) is 0 Å². The third-order valence-electron chi connectivity index (χ3n) is 18.5. The van der Waals surface area contributed by atoms with E-state index < -0.39 is 5.41 Å². The summed E-state index contributed by atoms with van der Waals surface area (Å²) in [4.78, 5) is 8.13. The zero-order valence-corrected chi connectivity index (χ0v) is 42.5. The van der Waals surface area contributed by atoms with Crippen LogP contribution in [-0.4, -0.2) is 12.3 Å². The summed E-state index contributed by atoms with van der Waals surface area (Å²) in [5.41, 5.74) is 21.4. The molecule has 10 aromatic carbocycles. The standard InChI is InChI=1S/C69H58BN3/c1-66(2,3)51-34-37-58-57(42-51)67(4)38-16-17-39-68(67,5)73(58)54-43-61-65-62(44-54)72(53-36-33-46-21-13-15-23-48(46)41-53)60-31-19-29-56-64(60)70(65)63-55(69(56,49-24-8-6-9-25-49)50-26-10-7-11-27-50)28-18-30-59(63)71(61)52-35-32-45-20-12-14-22-47(45)40-52/h6-15,18-37,40-44H,16-17,38-39H2,1-5H3. The summed E-state index contributed by atoms with van der Waals surface area (Å²) >= 11 is 0. The molecule has 15 rings (SSSR count). The van der Waals surface area contributed by atoms with Gasteiger partial charge in [0.2, 0.25) is 0 Å². The van der Waals surface area contributed by atoms with E-state index in [0.717, 1.165) is 6.42 Å². The molecule has 352 valence electrons. The number of fused-ring (bicyclic) bond motifs is 5. The fraction of sp³-hybridized carbons (Fsp3) is 0.188. The van der Waals surface area contributed by atoms with Gasteiger partial charge in [-0.05, 0) is 151 Å². The Hall–Kier alpha value is -7.82. The molecule has 1 fully saturated rings. The van der Waals surface area contributed by atoms with E-state index in [1.54, 1.807) is 0 Å². The first-order valence-corrected chi connectivity index (χ1v) is 26.7. The molecule has 0 radical (unpaired) electrons. The van der Waals surface area contributed by atoms with Crippen molar-refractivity contribution in [3.63, 3.8) is 0 Å². The van der Waals surface area contributed by atoms with Crippen LogP contribution >= 0.6 is 0 Å². The fourth-order valence-corrected chi connectivity index (χ4v) is 15.0. The van der Waals surface area contributed by atoms with Gasteiger partial charge >= 0.3 is 0 Å². The van der Waals surface area contributed by atoms with Gasteiger partial charge in [-0.1, -0.05) is 198 Å². The van der Waals surface area contributed by atoms with Gasteiger partial charge in [0.25, 0.3) is 6.71 Å². The van der Waals surface area contributed by atoms with Crippen molar-refractivity contribution >= 4 is 90.1 Å². The number of hydrogen-bond acceptors (Lipinski definition) is 3. The van der Waals surface area contributed by atoms with Gasteiger partial charge in [0.1, 0.15) is 0 Å². The van der Waals surface area contributed by atoms with Crippen LogP contribution in [0, 0.1) is 0 Å². The van der Waals surface area contributed by atoms with Crippen molar-refractivity contribution < 1.29 is 0 Å².